The van der Waals surface area contributed by atoms with Crippen molar-refractivity contribution in [1.29, 1.82) is 0 Å². The molecule has 0 saturated carbocycles. The number of Topliss-reactive ketones (excluding diaryl/α,β-unsaturated/α-hetero) is 1. The molecule has 2 heterocycles. The Morgan fingerprint density at radius 3 is 2.55 bits per heavy atom. The summed E-state index contributed by atoms with van der Waals surface area (Å²) in [5.41, 5.74) is -0.623. The predicted octanol–water partition coefficient (Wildman–Crippen LogP) is 1.85. The van der Waals surface area contributed by atoms with Gasteiger partial charge in [-0.1, -0.05) is 30.3 Å². The molecule has 1 unspecified atom stereocenters. The molecule has 3 rings (SSSR count). The van der Waals surface area contributed by atoms with E-state index in [-0.39, 0.29) is 11.8 Å². The standard InChI is InChI=1S/C15H15NO4/c1-15(10-6-3-2-4-7-10)13(19)12(18)14(20-15)16-9-5-8-11(16)17/h2-4,6-7,18H,5,8-9H2,1H3. The second-order valence-electron chi connectivity index (χ2n) is 5.13. The van der Waals surface area contributed by atoms with Gasteiger partial charge in [0.05, 0.1) is 0 Å². The number of benzene rings is 1. The van der Waals surface area contributed by atoms with Gasteiger partial charge in [-0.15, -0.1) is 0 Å². The van der Waals surface area contributed by atoms with Crippen molar-refractivity contribution < 1.29 is 19.4 Å². The number of likely N-dealkylation sites (tertiary alicyclic amines) is 1. The normalized spacial score (nSPS) is 26.4. The molecule has 20 heavy (non-hydrogen) atoms. The summed E-state index contributed by atoms with van der Waals surface area (Å²) in [7, 11) is 0. The van der Waals surface area contributed by atoms with Crippen LogP contribution < -0.4 is 0 Å². The van der Waals surface area contributed by atoms with E-state index in [1.54, 1.807) is 31.2 Å². The fraction of sp³-hybridized carbons (Fsp3) is 0.333. The molecule has 2 aliphatic rings. The quantitative estimate of drug-likeness (QED) is 0.893. The average molecular weight is 273 g/mol. The number of rotatable bonds is 2. The SMILES string of the molecule is CC1(c2ccccc2)OC(N2CCCC2=O)=C(O)C1=O. The van der Waals surface area contributed by atoms with Crippen molar-refractivity contribution in [3.8, 4) is 0 Å². The largest absolute Gasteiger partial charge is 0.501 e. The smallest absolute Gasteiger partial charge is 0.250 e. The minimum atomic E-state index is -1.27. The molecule has 1 amide bonds. The zero-order chi connectivity index (χ0) is 14.3. The molecule has 5 nitrogen and oxygen atoms in total. The topological polar surface area (TPSA) is 66.8 Å². The molecule has 0 radical (unpaired) electrons. The number of nitrogens with zero attached hydrogens (tertiary/aromatic N) is 1. The van der Waals surface area contributed by atoms with Crippen LogP contribution in [-0.4, -0.2) is 28.2 Å². The van der Waals surface area contributed by atoms with Crippen LogP contribution in [0.25, 0.3) is 0 Å². The average Bonchev–Trinajstić information content (AvgIpc) is 2.98. The highest BCUT2D eigenvalue weighted by Gasteiger charge is 2.50. The van der Waals surface area contributed by atoms with Crippen LogP contribution in [0.3, 0.4) is 0 Å². The molecule has 1 fully saturated rings. The van der Waals surface area contributed by atoms with Gasteiger partial charge < -0.3 is 9.84 Å². The first-order chi connectivity index (χ1) is 9.54. The minimum Gasteiger partial charge on any atom is -0.501 e. The summed E-state index contributed by atoms with van der Waals surface area (Å²) >= 11 is 0. The van der Waals surface area contributed by atoms with Crippen molar-refractivity contribution in [3.63, 3.8) is 0 Å². The maximum atomic E-state index is 12.3. The first-order valence-electron chi connectivity index (χ1n) is 6.57. The second kappa shape index (κ2) is 4.37. The van der Waals surface area contributed by atoms with Gasteiger partial charge in [0.1, 0.15) is 0 Å². The third kappa shape index (κ3) is 1.70. The van der Waals surface area contributed by atoms with E-state index >= 15 is 0 Å². The van der Waals surface area contributed by atoms with Gasteiger partial charge in [-0.3, -0.25) is 14.5 Å². The fourth-order valence-corrected chi connectivity index (χ4v) is 2.60. The van der Waals surface area contributed by atoms with Gasteiger partial charge in [0, 0.05) is 18.5 Å². The van der Waals surface area contributed by atoms with E-state index in [1.165, 1.54) is 4.90 Å². The Kier molecular flexibility index (Phi) is 2.78. The van der Waals surface area contributed by atoms with Crippen LogP contribution in [0.1, 0.15) is 25.3 Å². The van der Waals surface area contributed by atoms with E-state index in [0.29, 0.717) is 24.9 Å². The molecule has 1 saturated heterocycles. The van der Waals surface area contributed by atoms with Crippen molar-refractivity contribution in [2.45, 2.75) is 25.4 Å². The van der Waals surface area contributed by atoms with Gasteiger partial charge in [0.2, 0.25) is 17.5 Å². The summed E-state index contributed by atoms with van der Waals surface area (Å²) < 4.78 is 5.70. The Labute approximate surface area is 116 Å². The number of hydrogen-bond acceptors (Lipinski definition) is 4. The first kappa shape index (κ1) is 12.7. The summed E-state index contributed by atoms with van der Waals surface area (Å²) in [5.74, 6) is -1.12. The molecular weight excluding hydrogens is 258 g/mol. The Bertz CT molecular complexity index is 608. The zero-order valence-electron chi connectivity index (χ0n) is 11.1. The fourth-order valence-electron chi connectivity index (χ4n) is 2.60. The summed E-state index contributed by atoms with van der Waals surface area (Å²) in [6, 6.07) is 8.96. The molecule has 0 aromatic heterocycles. The molecule has 1 aromatic carbocycles. The molecule has 1 atom stereocenters. The van der Waals surface area contributed by atoms with Crippen molar-refractivity contribution in [2.24, 2.45) is 0 Å². The van der Waals surface area contributed by atoms with E-state index in [1.807, 2.05) is 6.07 Å². The number of ketones is 1. The van der Waals surface area contributed by atoms with Crippen LogP contribution in [0.4, 0.5) is 0 Å². The minimum absolute atomic E-state index is 0.0103. The van der Waals surface area contributed by atoms with Gasteiger partial charge in [-0.25, -0.2) is 0 Å². The van der Waals surface area contributed by atoms with Gasteiger partial charge in [0.25, 0.3) is 5.78 Å². The lowest BCUT2D eigenvalue weighted by molar-refractivity contribution is -0.136. The second-order valence-corrected chi connectivity index (χ2v) is 5.13. The number of carbonyl (C=O) groups is 2. The van der Waals surface area contributed by atoms with Crippen molar-refractivity contribution >= 4 is 11.7 Å². The van der Waals surface area contributed by atoms with Crippen LogP contribution in [0, 0.1) is 0 Å². The van der Waals surface area contributed by atoms with E-state index < -0.39 is 17.1 Å². The van der Waals surface area contributed by atoms with Crippen LogP contribution in [0.2, 0.25) is 0 Å². The monoisotopic (exact) mass is 273 g/mol. The lowest BCUT2D eigenvalue weighted by Crippen LogP contribution is -2.32. The first-order valence-corrected chi connectivity index (χ1v) is 6.57. The number of carbonyl (C=O) groups excluding carboxylic acids is 2. The van der Waals surface area contributed by atoms with Crippen molar-refractivity contribution in [1.82, 2.24) is 4.90 Å². The molecular formula is C15H15NO4. The summed E-state index contributed by atoms with van der Waals surface area (Å²) in [6.45, 7) is 2.07. The van der Waals surface area contributed by atoms with E-state index in [2.05, 4.69) is 0 Å². The highest BCUT2D eigenvalue weighted by molar-refractivity contribution is 6.03. The number of amides is 1. The Morgan fingerprint density at radius 2 is 1.95 bits per heavy atom. The molecule has 5 heteroatoms. The van der Waals surface area contributed by atoms with Gasteiger partial charge in [-0.2, -0.15) is 0 Å². The van der Waals surface area contributed by atoms with Gasteiger partial charge in [0.15, 0.2) is 5.60 Å². The Morgan fingerprint density at radius 1 is 1.25 bits per heavy atom. The van der Waals surface area contributed by atoms with Gasteiger partial charge in [-0.05, 0) is 13.3 Å². The van der Waals surface area contributed by atoms with Crippen molar-refractivity contribution in [3.05, 3.63) is 47.5 Å². The highest BCUT2D eigenvalue weighted by atomic mass is 16.5. The van der Waals surface area contributed by atoms with Crippen LogP contribution >= 0.6 is 0 Å². The molecule has 1 N–H and O–H groups in total. The van der Waals surface area contributed by atoms with E-state index in [0.717, 1.165) is 0 Å². The van der Waals surface area contributed by atoms with Crippen LogP contribution in [-0.2, 0) is 19.9 Å². The maximum absolute atomic E-state index is 12.3. The number of aliphatic hydroxyl groups is 1. The molecule has 2 aliphatic heterocycles. The molecule has 0 spiro atoms. The maximum Gasteiger partial charge on any atom is 0.250 e. The van der Waals surface area contributed by atoms with Crippen LogP contribution in [0.15, 0.2) is 42.0 Å². The number of aliphatic hydroxyl groups excluding tert-OH is 1. The summed E-state index contributed by atoms with van der Waals surface area (Å²) in [4.78, 5) is 25.4. The molecule has 0 bridgehead atoms. The lowest BCUT2D eigenvalue weighted by Gasteiger charge is -2.25. The number of ether oxygens (including phenoxy) is 1. The summed E-state index contributed by atoms with van der Waals surface area (Å²) in [5, 5.41) is 10.0. The van der Waals surface area contributed by atoms with Gasteiger partial charge >= 0.3 is 0 Å². The Balaban J connectivity index is 1.97. The van der Waals surface area contributed by atoms with E-state index in [9.17, 15) is 14.7 Å². The lowest BCUT2D eigenvalue weighted by atomic mass is 9.92. The third-order valence-electron chi connectivity index (χ3n) is 3.79. The number of hydrogen-bond donors (Lipinski definition) is 1. The predicted molar refractivity (Wildman–Crippen MR) is 70.5 cm³/mol. The van der Waals surface area contributed by atoms with Crippen molar-refractivity contribution in [2.75, 3.05) is 6.54 Å². The Hall–Kier alpha value is -2.30. The third-order valence-corrected chi connectivity index (χ3v) is 3.79. The van der Waals surface area contributed by atoms with Crippen LogP contribution in [0.5, 0.6) is 0 Å². The molecule has 0 aliphatic carbocycles. The summed E-state index contributed by atoms with van der Waals surface area (Å²) in [6.07, 6.45) is 1.12. The van der Waals surface area contributed by atoms with E-state index in [4.69, 9.17) is 4.74 Å². The molecule has 1 aromatic rings. The highest BCUT2D eigenvalue weighted by Crippen LogP contribution is 2.39. The zero-order valence-corrected chi connectivity index (χ0v) is 11.1. The molecule has 104 valence electrons.